The molecule has 2 aromatic heterocycles. The largest absolute Gasteiger partial charge is 0.497 e. The zero-order valence-corrected chi connectivity index (χ0v) is 18.9. The van der Waals surface area contributed by atoms with Crippen LogP contribution in [0.1, 0.15) is 27.0 Å². The van der Waals surface area contributed by atoms with E-state index in [0.717, 1.165) is 33.2 Å². The average Bonchev–Trinajstić information content (AvgIpc) is 3.34. The summed E-state index contributed by atoms with van der Waals surface area (Å²) in [6.45, 7) is 2.47. The number of ether oxygens (including phenoxy) is 1. The number of methoxy groups -OCH3 is 1. The van der Waals surface area contributed by atoms with E-state index in [1.165, 1.54) is 11.3 Å². The molecular formula is C24H26N4O2S. The van der Waals surface area contributed by atoms with Crippen LogP contribution in [0.4, 0.5) is 0 Å². The van der Waals surface area contributed by atoms with Gasteiger partial charge in [-0.3, -0.25) is 9.20 Å². The number of hydrogen-bond donors (Lipinski definition) is 1. The van der Waals surface area contributed by atoms with Gasteiger partial charge in [-0.15, -0.1) is 0 Å². The highest BCUT2D eigenvalue weighted by Crippen LogP contribution is 2.27. The van der Waals surface area contributed by atoms with Crippen LogP contribution in [-0.2, 0) is 0 Å². The Kier molecular flexibility index (Phi) is 6.06. The van der Waals surface area contributed by atoms with Crippen molar-refractivity contribution >= 4 is 22.2 Å². The Bertz CT molecular complexity index is 1180. The third kappa shape index (κ3) is 4.33. The smallest absolute Gasteiger partial charge is 0.263 e. The molecule has 0 aliphatic heterocycles. The molecule has 160 valence electrons. The van der Waals surface area contributed by atoms with Gasteiger partial charge in [0.05, 0.1) is 18.8 Å². The molecule has 1 unspecified atom stereocenters. The zero-order valence-electron chi connectivity index (χ0n) is 18.1. The summed E-state index contributed by atoms with van der Waals surface area (Å²) in [7, 11) is 5.68. The Morgan fingerprint density at radius 1 is 1.16 bits per heavy atom. The van der Waals surface area contributed by atoms with Crippen LogP contribution >= 0.6 is 11.3 Å². The van der Waals surface area contributed by atoms with E-state index in [4.69, 9.17) is 9.72 Å². The number of aromatic nitrogens is 2. The molecule has 1 N–H and O–H groups in total. The maximum Gasteiger partial charge on any atom is 0.263 e. The predicted molar refractivity (Wildman–Crippen MR) is 125 cm³/mol. The predicted octanol–water partition coefficient (Wildman–Crippen LogP) is 4.41. The van der Waals surface area contributed by atoms with Crippen LogP contribution in [0.3, 0.4) is 0 Å². The van der Waals surface area contributed by atoms with E-state index in [1.807, 2.05) is 86.2 Å². The van der Waals surface area contributed by atoms with Crippen molar-refractivity contribution in [1.29, 1.82) is 0 Å². The van der Waals surface area contributed by atoms with Gasteiger partial charge in [0.1, 0.15) is 10.6 Å². The van der Waals surface area contributed by atoms with Gasteiger partial charge in [0.15, 0.2) is 4.96 Å². The van der Waals surface area contributed by atoms with Gasteiger partial charge >= 0.3 is 0 Å². The van der Waals surface area contributed by atoms with Crippen LogP contribution in [0.5, 0.6) is 5.75 Å². The van der Waals surface area contributed by atoms with Crippen LogP contribution < -0.4 is 10.1 Å². The van der Waals surface area contributed by atoms with Gasteiger partial charge in [0.25, 0.3) is 5.91 Å². The molecule has 7 heteroatoms. The summed E-state index contributed by atoms with van der Waals surface area (Å²) in [5.74, 6) is 0.743. The van der Waals surface area contributed by atoms with Gasteiger partial charge < -0.3 is 15.0 Å². The highest BCUT2D eigenvalue weighted by atomic mass is 32.1. The summed E-state index contributed by atoms with van der Waals surface area (Å²) in [6.07, 6.45) is 1.99. The van der Waals surface area contributed by atoms with Crippen molar-refractivity contribution < 1.29 is 9.53 Å². The summed E-state index contributed by atoms with van der Waals surface area (Å²) in [4.78, 5) is 21.3. The Labute approximate surface area is 186 Å². The van der Waals surface area contributed by atoms with Crippen LogP contribution in [0.2, 0.25) is 0 Å². The van der Waals surface area contributed by atoms with Crippen molar-refractivity contribution in [2.45, 2.75) is 13.0 Å². The molecule has 4 aromatic rings. The van der Waals surface area contributed by atoms with Gasteiger partial charge in [-0.1, -0.05) is 53.8 Å². The molecule has 31 heavy (non-hydrogen) atoms. The fourth-order valence-electron chi connectivity index (χ4n) is 3.60. The van der Waals surface area contributed by atoms with E-state index in [2.05, 4.69) is 10.2 Å². The quantitative estimate of drug-likeness (QED) is 0.468. The van der Waals surface area contributed by atoms with Crippen LogP contribution in [0, 0.1) is 6.92 Å². The average molecular weight is 435 g/mol. The summed E-state index contributed by atoms with van der Waals surface area (Å²) in [5.41, 5.74) is 4.00. The van der Waals surface area contributed by atoms with Gasteiger partial charge in [0.2, 0.25) is 0 Å². The number of benzene rings is 2. The number of imidazole rings is 1. The third-order valence-corrected chi connectivity index (χ3v) is 6.57. The lowest BCUT2D eigenvalue weighted by Gasteiger charge is -2.25. The minimum Gasteiger partial charge on any atom is -0.497 e. The Morgan fingerprint density at radius 3 is 2.48 bits per heavy atom. The lowest BCUT2D eigenvalue weighted by molar-refractivity contribution is 0.0945. The molecule has 0 saturated heterocycles. The molecule has 2 heterocycles. The maximum absolute atomic E-state index is 13.0. The Hall–Kier alpha value is -3.16. The molecule has 0 aliphatic rings. The molecule has 0 saturated carbocycles. The number of likely N-dealkylation sites (N-methyl/N-ethyl adjacent to an activating group) is 1. The summed E-state index contributed by atoms with van der Waals surface area (Å²) in [6, 6.07) is 18.1. The minimum atomic E-state index is -0.0744. The summed E-state index contributed by atoms with van der Waals surface area (Å²) < 4.78 is 7.24. The molecule has 2 aromatic carbocycles. The Morgan fingerprint density at radius 2 is 1.87 bits per heavy atom. The van der Waals surface area contributed by atoms with E-state index in [-0.39, 0.29) is 11.9 Å². The van der Waals surface area contributed by atoms with Gasteiger partial charge in [-0.2, -0.15) is 0 Å². The first-order chi connectivity index (χ1) is 15.0. The molecule has 0 fully saturated rings. The summed E-state index contributed by atoms with van der Waals surface area (Å²) in [5, 5.41) is 3.10. The second-order valence-electron chi connectivity index (χ2n) is 7.62. The van der Waals surface area contributed by atoms with Crippen molar-refractivity contribution in [3.8, 4) is 17.0 Å². The number of thiazole rings is 1. The second kappa shape index (κ2) is 8.91. The van der Waals surface area contributed by atoms with Crippen molar-refractivity contribution in [2.24, 2.45) is 0 Å². The lowest BCUT2D eigenvalue weighted by Crippen LogP contribution is -2.34. The number of rotatable bonds is 7. The summed E-state index contributed by atoms with van der Waals surface area (Å²) >= 11 is 1.42. The van der Waals surface area contributed by atoms with Crippen LogP contribution in [0.25, 0.3) is 16.2 Å². The van der Waals surface area contributed by atoms with Crippen molar-refractivity contribution in [1.82, 2.24) is 19.6 Å². The highest BCUT2D eigenvalue weighted by Gasteiger charge is 2.20. The van der Waals surface area contributed by atoms with E-state index >= 15 is 0 Å². The van der Waals surface area contributed by atoms with Crippen LogP contribution in [0.15, 0.2) is 60.8 Å². The topological polar surface area (TPSA) is 58.9 Å². The zero-order chi connectivity index (χ0) is 22.0. The molecule has 1 amide bonds. The Balaban J connectivity index is 1.50. The number of fused-ring (bicyclic) bond motifs is 1. The molecule has 0 aliphatic carbocycles. The number of amides is 1. The van der Waals surface area contributed by atoms with Crippen LogP contribution in [-0.4, -0.2) is 47.9 Å². The highest BCUT2D eigenvalue weighted by molar-refractivity contribution is 7.19. The van der Waals surface area contributed by atoms with Gasteiger partial charge in [-0.05, 0) is 38.7 Å². The maximum atomic E-state index is 13.0. The minimum absolute atomic E-state index is 0.0592. The molecule has 1 atom stereocenters. The van der Waals surface area contributed by atoms with E-state index in [0.29, 0.717) is 11.4 Å². The SMILES string of the molecule is COc1ccc(C(CNC(=O)c2sc3nc(-c4ccccc4)cn3c2C)N(C)C)cc1. The first kappa shape index (κ1) is 21.1. The molecular weight excluding hydrogens is 408 g/mol. The van der Waals surface area contributed by atoms with Crippen molar-refractivity contribution in [2.75, 3.05) is 27.7 Å². The van der Waals surface area contributed by atoms with E-state index in [1.54, 1.807) is 7.11 Å². The molecule has 4 rings (SSSR count). The number of nitrogens with zero attached hydrogens (tertiary/aromatic N) is 3. The van der Waals surface area contributed by atoms with E-state index < -0.39 is 0 Å². The standard InChI is InChI=1S/C24H26N4O2S/c1-16-22(31-24-26-20(15-28(16)24)17-8-6-5-7-9-17)23(29)25-14-21(27(2)3)18-10-12-19(30-4)13-11-18/h5-13,15,21H,14H2,1-4H3,(H,25,29). The molecule has 0 bridgehead atoms. The number of carbonyl (C=O) groups is 1. The molecule has 6 nitrogen and oxygen atoms in total. The van der Waals surface area contributed by atoms with Crippen molar-refractivity contribution in [3.63, 3.8) is 0 Å². The van der Waals surface area contributed by atoms with Gasteiger partial charge in [-0.25, -0.2) is 4.98 Å². The third-order valence-electron chi connectivity index (χ3n) is 5.41. The first-order valence-corrected chi connectivity index (χ1v) is 10.9. The number of carbonyl (C=O) groups excluding carboxylic acids is 1. The fourth-order valence-corrected chi connectivity index (χ4v) is 4.63. The molecule has 0 spiro atoms. The van der Waals surface area contributed by atoms with Crippen molar-refractivity contribution in [3.05, 3.63) is 76.9 Å². The molecule has 0 radical (unpaired) electrons. The number of nitrogens with one attached hydrogen (secondary N) is 1. The lowest BCUT2D eigenvalue weighted by atomic mass is 10.1. The first-order valence-electron chi connectivity index (χ1n) is 10.1. The number of hydrogen-bond acceptors (Lipinski definition) is 5. The normalized spacial score (nSPS) is 12.3. The fraction of sp³-hybridized carbons (Fsp3) is 0.250. The van der Waals surface area contributed by atoms with Gasteiger partial charge in [0, 0.05) is 24.0 Å². The second-order valence-corrected chi connectivity index (χ2v) is 8.60. The number of aryl methyl sites for hydroxylation is 1. The van der Waals surface area contributed by atoms with E-state index in [9.17, 15) is 4.79 Å². The monoisotopic (exact) mass is 434 g/mol.